The number of anilines is 1. The van der Waals surface area contributed by atoms with Gasteiger partial charge in [0.25, 0.3) is 5.91 Å². The Morgan fingerprint density at radius 2 is 1.89 bits per heavy atom. The summed E-state index contributed by atoms with van der Waals surface area (Å²) in [4.78, 5) is 42.9. The Bertz CT molecular complexity index is 1220. The topological polar surface area (TPSA) is 135 Å². The molecule has 2 aromatic carbocycles. The number of rotatable bonds is 8. The first-order valence-corrected chi connectivity index (χ1v) is 11.8. The zero-order chi connectivity index (χ0) is 26.9. The lowest BCUT2D eigenvalue weighted by Gasteiger charge is -2.23. The minimum atomic E-state index is -4.82. The van der Waals surface area contributed by atoms with Crippen LogP contribution in [0.4, 0.5) is 28.0 Å². The number of alkyl carbamates (subject to hydrolysis) is 1. The monoisotopic (exact) mass is 556 g/mol. The van der Waals surface area contributed by atoms with Crippen LogP contribution in [0.1, 0.15) is 16.7 Å². The van der Waals surface area contributed by atoms with Gasteiger partial charge in [-0.2, -0.15) is 13.2 Å². The molecule has 1 aliphatic rings. The van der Waals surface area contributed by atoms with Crippen LogP contribution in [0.25, 0.3) is 0 Å². The van der Waals surface area contributed by atoms with Crippen molar-refractivity contribution >= 4 is 37.1 Å². The molecule has 0 unspecified atom stereocenters. The van der Waals surface area contributed by atoms with Crippen LogP contribution >= 0.6 is 19.4 Å². The standard InChI is InChI=1S/C20H18ClF4N2O8P/c1-33-16-5-3-12(21)9-14(16)19(22)13-4-2-11(20(23,24)25)8-15(13)27(17(19)28)10-34-18(29)26-6-7-35-36(30,31)32/h2-5,8-9H,6-7,10H2,1H3,(H,26,29)(H2,30,31,32)/t19-/m0/s1. The lowest BCUT2D eigenvalue weighted by molar-refractivity contribution is -0.137. The van der Waals surface area contributed by atoms with Gasteiger partial charge in [0.05, 0.1) is 25.0 Å². The van der Waals surface area contributed by atoms with Gasteiger partial charge in [-0.15, -0.1) is 0 Å². The minimum Gasteiger partial charge on any atom is -0.496 e. The molecule has 1 atom stereocenters. The number of ether oxygens (including phenoxy) is 2. The SMILES string of the molecule is COc1ccc(Cl)cc1[C@]1(F)C(=O)N(COC(=O)NCCOP(=O)(O)O)c2cc(C(F)(F)F)ccc21. The Labute approximate surface area is 205 Å². The highest BCUT2D eigenvalue weighted by atomic mass is 35.5. The highest BCUT2D eigenvalue weighted by molar-refractivity contribution is 7.46. The van der Waals surface area contributed by atoms with Crippen molar-refractivity contribution in [1.82, 2.24) is 5.32 Å². The third kappa shape index (κ3) is 5.73. The summed E-state index contributed by atoms with van der Waals surface area (Å²) in [6.45, 7) is -2.01. The fourth-order valence-electron chi connectivity index (χ4n) is 3.46. The molecular weight excluding hydrogens is 539 g/mol. The molecule has 2 amide bonds. The molecule has 3 rings (SSSR count). The van der Waals surface area contributed by atoms with E-state index in [-0.39, 0.29) is 16.3 Å². The maximum Gasteiger partial charge on any atom is 0.469 e. The van der Waals surface area contributed by atoms with E-state index in [1.54, 1.807) is 0 Å². The second-order valence-electron chi connectivity index (χ2n) is 7.28. The number of fused-ring (bicyclic) bond motifs is 1. The van der Waals surface area contributed by atoms with Crippen LogP contribution < -0.4 is 15.0 Å². The molecule has 0 bridgehead atoms. The van der Waals surface area contributed by atoms with Crippen molar-refractivity contribution in [3.8, 4) is 5.75 Å². The number of methoxy groups -OCH3 is 1. The first kappa shape index (κ1) is 27.7. The number of hydrogen-bond donors (Lipinski definition) is 3. The van der Waals surface area contributed by atoms with Gasteiger partial charge in [0.15, 0.2) is 6.73 Å². The van der Waals surface area contributed by atoms with Gasteiger partial charge in [-0.1, -0.05) is 17.7 Å². The van der Waals surface area contributed by atoms with Gasteiger partial charge in [-0.3, -0.25) is 14.2 Å². The normalized spacial score (nSPS) is 17.7. The summed E-state index contributed by atoms with van der Waals surface area (Å²) in [5, 5.41) is 2.08. The molecule has 2 aromatic rings. The van der Waals surface area contributed by atoms with E-state index in [9.17, 15) is 27.3 Å². The average molecular weight is 557 g/mol. The van der Waals surface area contributed by atoms with Gasteiger partial charge in [-0.05, 0) is 30.3 Å². The molecule has 0 spiro atoms. The first-order valence-electron chi connectivity index (χ1n) is 9.86. The molecule has 1 aliphatic heterocycles. The second-order valence-corrected chi connectivity index (χ2v) is 8.95. The Hall–Kier alpha value is -2.90. The summed E-state index contributed by atoms with van der Waals surface area (Å²) in [5.74, 6) is -1.47. The largest absolute Gasteiger partial charge is 0.496 e. The van der Waals surface area contributed by atoms with Crippen molar-refractivity contribution in [2.45, 2.75) is 11.8 Å². The molecule has 0 saturated heterocycles. The van der Waals surface area contributed by atoms with Crippen LogP contribution in [0, 0.1) is 0 Å². The maximum atomic E-state index is 16.6. The number of carbonyl (C=O) groups is 2. The highest BCUT2D eigenvalue weighted by Gasteiger charge is 2.55. The molecule has 10 nitrogen and oxygen atoms in total. The van der Waals surface area contributed by atoms with Crippen molar-refractivity contribution in [3.05, 3.63) is 58.1 Å². The number of alkyl halides is 4. The summed E-state index contributed by atoms with van der Waals surface area (Å²) in [6.07, 6.45) is -6.04. The van der Waals surface area contributed by atoms with Crippen LogP contribution in [-0.2, 0) is 30.5 Å². The van der Waals surface area contributed by atoms with Crippen molar-refractivity contribution in [3.63, 3.8) is 0 Å². The Morgan fingerprint density at radius 3 is 2.50 bits per heavy atom. The molecule has 0 fully saturated rings. The van der Waals surface area contributed by atoms with E-state index >= 15 is 4.39 Å². The lowest BCUT2D eigenvalue weighted by atomic mass is 9.88. The predicted octanol–water partition coefficient (Wildman–Crippen LogP) is 3.72. The number of benzene rings is 2. The van der Waals surface area contributed by atoms with Crippen LogP contribution in [0.3, 0.4) is 0 Å². The van der Waals surface area contributed by atoms with Gasteiger partial charge in [0.1, 0.15) is 5.75 Å². The van der Waals surface area contributed by atoms with Gasteiger partial charge in [0.2, 0.25) is 5.67 Å². The van der Waals surface area contributed by atoms with Crippen LogP contribution in [0.2, 0.25) is 5.02 Å². The van der Waals surface area contributed by atoms with Crippen molar-refractivity contribution in [1.29, 1.82) is 0 Å². The van der Waals surface area contributed by atoms with Crippen LogP contribution in [-0.4, -0.2) is 48.8 Å². The van der Waals surface area contributed by atoms with Gasteiger partial charge >= 0.3 is 20.1 Å². The Morgan fingerprint density at radius 1 is 1.19 bits per heavy atom. The summed E-state index contributed by atoms with van der Waals surface area (Å²) < 4.78 is 81.3. The fourth-order valence-corrected chi connectivity index (χ4v) is 3.96. The second kappa shape index (κ2) is 10.2. The van der Waals surface area contributed by atoms with Crippen LogP contribution in [0.5, 0.6) is 5.75 Å². The van der Waals surface area contributed by atoms with E-state index in [0.29, 0.717) is 17.0 Å². The molecule has 16 heteroatoms. The summed E-state index contributed by atoms with van der Waals surface area (Å²) >= 11 is 5.97. The van der Waals surface area contributed by atoms with Crippen LogP contribution in [0.15, 0.2) is 36.4 Å². The molecule has 36 heavy (non-hydrogen) atoms. The molecule has 1 heterocycles. The zero-order valence-electron chi connectivity index (χ0n) is 18.2. The first-order chi connectivity index (χ1) is 16.7. The Kier molecular flexibility index (Phi) is 7.86. The number of nitrogens with zero attached hydrogens (tertiary/aromatic N) is 1. The summed E-state index contributed by atoms with van der Waals surface area (Å²) in [6, 6.07) is 5.69. The molecular formula is C20H18ClF4N2O8P. The average Bonchev–Trinajstić information content (AvgIpc) is 3.01. The molecule has 0 aromatic heterocycles. The molecule has 196 valence electrons. The number of hydrogen-bond acceptors (Lipinski definition) is 6. The quantitative estimate of drug-likeness (QED) is 0.254. The number of amides is 2. The summed E-state index contributed by atoms with van der Waals surface area (Å²) in [7, 11) is -3.57. The lowest BCUT2D eigenvalue weighted by Crippen LogP contribution is -2.41. The molecule has 0 radical (unpaired) electrons. The van der Waals surface area contributed by atoms with E-state index in [4.69, 9.17) is 30.9 Å². The number of nitrogens with one attached hydrogen (secondary N) is 1. The Balaban J connectivity index is 1.93. The van der Waals surface area contributed by atoms with Gasteiger partial charge in [0, 0.05) is 22.7 Å². The molecule has 3 N–H and O–H groups in total. The number of phosphoric ester groups is 1. The number of carbonyl (C=O) groups excluding carboxylic acids is 2. The highest BCUT2D eigenvalue weighted by Crippen LogP contribution is 2.51. The fraction of sp³-hybridized carbons (Fsp3) is 0.300. The van der Waals surface area contributed by atoms with E-state index < -0.39 is 68.4 Å². The summed E-state index contributed by atoms with van der Waals surface area (Å²) in [5.41, 5.74) is -5.55. The van der Waals surface area contributed by atoms with Crippen molar-refractivity contribution in [2.24, 2.45) is 0 Å². The van der Waals surface area contributed by atoms with E-state index in [1.807, 2.05) is 0 Å². The molecule has 0 aliphatic carbocycles. The predicted molar refractivity (Wildman–Crippen MR) is 116 cm³/mol. The van der Waals surface area contributed by atoms with E-state index in [2.05, 4.69) is 9.84 Å². The van der Waals surface area contributed by atoms with E-state index in [1.165, 1.54) is 19.2 Å². The van der Waals surface area contributed by atoms with Crippen molar-refractivity contribution < 1.29 is 55.5 Å². The smallest absolute Gasteiger partial charge is 0.469 e. The van der Waals surface area contributed by atoms with Gasteiger partial charge in [-0.25, -0.2) is 13.8 Å². The van der Waals surface area contributed by atoms with Crippen molar-refractivity contribution in [2.75, 3.05) is 31.9 Å². The van der Waals surface area contributed by atoms with E-state index in [0.717, 1.165) is 12.1 Å². The third-order valence-corrected chi connectivity index (χ3v) is 5.77. The number of phosphoric acid groups is 1. The third-order valence-electron chi connectivity index (χ3n) is 5.02. The maximum absolute atomic E-state index is 16.6. The molecule has 0 saturated carbocycles. The minimum absolute atomic E-state index is 0.0238. The number of halogens is 5. The van der Waals surface area contributed by atoms with Gasteiger partial charge < -0.3 is 24.6 Å². The zero-order valence-corrected chi connectivity index (χ0v) is 19.9.